The SMILES string of the molecule is Cc1cc(CN2CCN(S(=O)(=O)c3ccccc3[N+](=O)[O-])CC2)on1. The third-order valence-electron chi connectivity index (χ3n) is 4.07. The molecular formula is C15H18N4O5S. The van der Waals surface area contributed by atoms with Gasteiger partial charge in [-0.05, 0) is 13.0 Å². The highest BCUT2D eigenvalue weighted by atomic mass is 32.2. The Morgan fingerprint density at radius 2 is 1.92 bits per heavy atom. The highest BCUT2D eigenvalue weighted by molar-refractivity contribution is 7.89. The van der Waals surface area contributed by atoms with Gasteiger partial charge in [-0.2, -0.15) is 4.31 Å². The topological polar surface area (TPSA) is 110 Å². The number of aromatic nitrogens is 1. The minimum atomic E-state index is -3.90. The molecule has 0 unspecified atom stereocenters. The van der Waals surface area contributed by atoms with E-state index in [9.17, 15) is 18.5 Å². The summed E-state index contributed by atoms with van der Waals surface area (Å²) in [6, 6.07) is 7.26. The minimum absolute atomic E-state index is 0.265. The van der Waals surface area contributed by atoms with Gasteiger partial charge in [0, 0.05) is 38.3 Å². The predicted octanol–water partition coefficient (Wildman–Crippen LogP) is 1.40. The largest absolute Gasteiger partial charge is 0.360 e. The van der Waals surface area contributed by atoms with Gasteiger partial charge in [0.2, 0.25) is 10.0 Å². The van der Waals surface area contributed by atoms with Crippen LogP contribution in [0.25, 0.3) is 0 Å². The first-order valence-corrected chi connectivity index (χ1v) is 9.20. The standard InChI is InChI=1S/C15H18N4O5S/c1-12-10-13(24-16-12)11-17-6-8-18(9-7-17)25(22,23)15-5-3-2-4-14(15)19(20)21/h2-5,10H,6-9,11H2,1H3. The lowest BCUT2D eigenvalue weighted by atomic mass is 10.3. The predicted molar refractivity (Wildman–Crippen MR) is 88.4 cm³/mol. The highest BCUT2D eigenvalue weighted by Crippen LogP contribution is 2.27. The summed E-state index contributed by atoms with van der Waals surface area (Å²) in [5, 5.41) is 14.9. The molecule has 0 N–H and O–H groups in total. The molecule has 10 heteroatoms. The molecule has 2 aromatic rings. The molecule has 0 bridgehead atoms. The van der Waals surface area contributed by atoms with E-state index in [0.29, 0.717) is 19.6 Å². The van der Waals surface area contributed by atoms with E-state index < -0.39 is 20.6 Å². The third kappa shape index (κ3) is 3.70. The van der Waals surface area contributed by atoms with Gasteiger partial charge in [0.15, 0.2) is 10.7 Å². The number of rotatable bonds is 5. The van der Waals surface area contributed by atoms with Crippen LogP contribution in [0.1, 0.15) is 11.5 Å². The smallest absolute Gasteiger partial charge is 0.289 e. The zero-order valence-electron chi connectivity index (χ0n) is 13.7. The quantitative estimate of drug-likeness (QED) is 0.581. The summed E-state index contributed by atoms with van der Waals surface area (Å²) < 4.78 is 32.0. The Morgan fingerprint density at radius 1 is 1.24 bits per heavy atom. The van der Waals surface area contributed by atoms with E-state index in [2.05, 4.69) is 10.1 Å². The molecule has 1 aromatic carbocycles. The van der Waals surface area contributed by atoms with Gasteiger partial charge in [-0.3, -0.25) is 15.0 Å². The first kappa shape index (κ1) is 17.5. The molecule has 0 aliphatic carbocycles. The number of sulfonamides is 1. The van der Waals surface area contributed by atoms with Crippen molar-refractivity contribution >= 4 is 15.7 Å². The van der Waals surface area contributed by atoms with Crippen LogP contribution in [0.4, 0.5) is 5.69 Å². The van der Waals surface area contributed by atoms with Crippen LogP contribution in [-0.4, -0.2) is 53.9 Å². The van der Waals surface area contributed by atoms with Gasteiger partial charge in [-0.25, -0.2) is 8.42 Å². The van der Waals surface area contributed by atoms with Crippen LogP contribution in [0.2, 0.25) is 0 Å². The number of benzene rings is 1. The second kappa shape index (κ2) is 6.90. The van der Waals surface area contributed by atoms with Crippen LogP contribution in [0.15, 0.2) is 39.8 Å². The molecule has 0 amide bonds. The maximum atomic E-state index is 12.8. The molecule has 3 rings (SSSR count). The number of para-hydroxylation sites is 1. The van der Waals surface area contributed by atoms with E-state index in [4.69, 9.17) is 4.52 Å². The van der Waals surface area contributed by atoms with Gasteiger partial charge in [-0.15, -0.1) is 0 Å². The maximum Gasteiger partial charge on any atom is 0.289 e. The minimum Gasteiger partial charge on any atom is -0.360 e. The Hall–Kier alpha value is -2.30. The number of nitro benzene ring substituents is 1. The summed E-state index contributed by atoms with van der Waals surface area (Å²) in [4.78, 5) is 12.2. The number of nitro groups is 1. The first-order chi connectivity index (χ1) is 11.9. The Bertz CT molecular complexity index is 872. The Kier molecular flexibility index (Phi) is 4.84. The van der Waals surface area contributed by atoms with Crippen molar-refractivity contribution in [2.75, 3.05) is 26.2 Å². The van der Waals surface area contributed by atoms with Crippen molar-refractivity contribution in [3.63, 3.8) is 0 Å². The fraction of sp³-hybridized carbons (Fsp3) is 0.400. The fourth-order valence-corrected chi connectivity index (χ4v) is 4.38. The van der Waals surface area contributed by atoms with Gasteiger partial charge in [0.25, 0.3) is 5.69 Å². The summed E-state index contributed by atoms with van der Waals surface area (Å²) in [6.07, 6.45) is 0. The molecule has 0 saturated carbocycles. The Balaban J connectivity index is 1.71. The molecule has 9 nitrogen and oxygen atoms in total. The van der Waals surface area contributed by atoms with Crippen molar-refractivity contribution < 1.29 is 17.9 Å². The van der Waals surface area contributed by atoms with Crippen molar-refractivity contribution in [1.82, 2.24) is 14.4 Å². The van der Waals surface area contributed by atoms with E-state index in [-0.39, 0.29) is 18.0 Å². The van der Waals surface area contributed by atoms with Crippen molar-refractivity contribution in [3.8, 4) is 0 Å². The summed E-state index contributed by atoms with van der Waals surface area (Å²) in [5.41, 5.74) is 0.398. The average molecular weight is 366 g/mol. The molecule has 2 heterocycles. The first-order valence-electron chi connectivity index (χ1n) is 7.76. The third-order valence-corrected chi connectivity index (χ3v) is 6.01. The van der Waals surface area contributed by atoms with E-state index >= 15 is 0 Å². The molecule has 0 atom stereocenters. The number of hydrogen-bond acceptors (Lipinski definition) is 7. The zero-order chi connectivity index (χ0) is 18.0. The van der Waals surface area contributed by atoms with Gasteiger partial charge >= 0.3 is 0 Å². The number of hydrogen-bond donors (Lipinski definition) is 0. The Morgan fingerprint density at radius 3 is 2.52 bits per heavy atom. The normalized spacial score (nSPS) is 16.8. The van der Waals surface area contributed by atoms with Crippen LogP contribution in [0.3, 0.4) is 0 Å². The zero-order valence-corrected chi connectivity index (χ0v) is 14.5. The lowest BCUT2D eigenvalue weighted by Crippen LogP contribution is -2.48. The summed E-state index contributed by atoms with van der Waals surface area (Å²) in [7, 11) is -3.90. The summed E-state index contributed by atoms with van der Waals surface area (Å²) in [6.45, 7) is 3.95. The molecule has 1 fully saturated rings. The van der Waals surface area contributed by atoms with Crippen LogP contribution in [-0.2, 0) is 16.6 Å². The lowest BCUT2D eigenvalue weighted by molar-refractivity contribution is -0.387. The highest BCUT2D eigenvalue weighted by Gasteiger charge is 2.33. The Labute approximate surface area is 145 Å². The molecule has 1 aliphatic rings. The molecule has 1 aromatic heterocycles. The average Bonchev–Trinajstić information content (AvgIpc) is 3.00. The molecule has 1 saturated heterocycles. The maximum absolute atomic E-state index is 12.8. The van der Waals surface area contributed by atoms with Gasteiger partial charge in [-0.1, -0.05) is 17.3 Å². The van der Waals surface area contributed by atoms with Crippen LogP contribution in [0, 0.1) is 17.0 Å². The fourth-order valence-electron chi connectivity index (χ4n) is 2.80. The van der Waals surface area contributed by atoms with Crippen molar-refractivity contribution in [2.24, 2.45) is 0 Å². The van der Waals surface area contributed by atoms with Crippen molar-refractivity contribution in [3.05, 3.63) is 51.9 Å². The number of piperazine rings is 1. The van der Waals surface area contributed by atoms with Crippen LogP contribution < -0.4 is 0 Å². The second-order valence-corrected chi connectivity index (χ2v) is 7.75. The lowest BCUT2D eigenvalue weighted by Gasteiger charge is -2.33. The molecule has 0 radical (unpaired) electrons. The van der Waals surface area contributed by atoms with E-state index in [0.717, 1.165) is 11.5 Å². The summed E-state index contributed by atoms with van der Waals surface area (Å²) in [5.74, 6) is 0.729. The van der Waals surface area contributed by atoms with E-state index in [1.165, 1.54) is 28.6 Å². The van der Waals surface area contributed by atoms with Crippen LogP contribution >= 0.6 is 0 Å². The van der Waals surface area contributed by atoms with Crippen LogP contribution in [0.5, 0.6) is 0 Å². The molecule has 1 aliphatic heterocycles. The second-order valence-electron chi connectivity index (χ2n) is 5.84. The molecular weight excluding hydrogens is 348 g/mol. The monoisotopic (exact) mass is 366 g/mol. The number of aryl methyl sites for hydroxylation is 1. The molecule has 134 valence electrons. The molecule has 0 spiro atoms. The van der Waals surface area contributed by atoms with Crippen molar-refractivity contribution in [1.29, 1.82) is 0 Å². The van der Waals surface area contributed by atoms with Gasteiger partial charge in [0.05, 0.1) is 17.2 Å². The van der Waals surface area contributed by atoms with Crippen molar-refractivity contribution in [2.45, 2.75) is 18.4 Å². The van der Waals surface area contributed by atoms with E-state index in [1.54, 1.807) is 0 Å². The van der Waals surface area contributed by atoms with Gasteiger partial charge in [0.1, 0.15) is 0 Å². The van der Waals surface area contributed by atoms with Gasteiger partial charge < -0.3 is 4.52 Å². The molecule has 25 heavy (non-hydrogen) atoms. The summed E-state index contributed by atoms with van der Waals surface area (Å²) >= 11 is 0. The number of nitrogens with zero attached hydrogens (tertiary/aromatic N) is 4. The van der Waals surface area contributed by atoms with E-state index in [1.807, 2.05) is 13.0 Å².